The molecule has 0 bridgehead atoms. The van der Waals surface area contributed by atoms with Crippen LogP contribution < -0.4 is 0 Å². The van der Waals surface area contributed by atoms with E-state index in [1.54, 1.807) is 11.8 Å². The summed E-state index contributed by atoms with van der Waals surface area (Å²) >= 11 is 1.75. The summed E-state index contributed by atoms with van der Waals surface area (Å²) in [5.74, 6) is 0.115. The largest absolute Gasteiger partial charge is 0.396 e. The molecule has 260 valence electrons. The topological polar surface area (TPSA) is 80.9 Å². The number of aliphatic hydroxyl groups excluding tert-OH is 4. The number of rotatable bonds is 16. The SMILES string of the molecule is OCCc1ccc(C(c2ccc(CCO)cc2)c2ccc(Sc3ccc(C(c4ccc(CCO)cc4)c4ccc(CCO)cc4)cc3)cc2)cc1. The fourth-order valence-corrected chi connectivity index (χ4v) is 7.59. The van der Waals surface area contributed by atoms with Crippen LogP contribution in [0.1, 0.15) is 67.5 Å². The molecule has 6 rings (SSSR count). The number of aliphatic hydroxyl groups is 4. The van der Waals surface area contributed by atoms with Crippen molar-refractivity contribution in [3.63, 3.8) is 0 Å². The summed E-state index contributed by atoms with van der Waals surface area (Å²) in [6.07, 6.45) is 2.58. The minimum Gasteiger partial charge on any atom is -0.396 e. The van der Waals surface area contributed by atoms with E-state index in [9.17, 15) is 20.4 Å². The quantitative estimate of drug-likeness (QED) is 0.0767. The van der Waals surface area contributed by atoms with Gasteiger partial charge in [0, 0.05) is 48.1 Å². The molecule has 0 saturated carbocycles. The van der Waals surface area contributed by atoms with Crippen LogP contribution in [0, 0.1) is 0 Å². The van der Waals surface area contributed by atoms with Gasteiger partial charge >= 0.3 is 0 Å². The highest BCUT2D eigenvalue weighted by Crippen LogP contribution is 2.37. The molecule has 0 saturated heterocycles. The fourth-order valence-electron chi connectivity index (χ4n) is 6.77. The smallest absolute Gasteiger partial charge is 0.0471 e. The molecule has 0 heterocycles. The Bertz CT molecular complexity index is 1670. The van der Waals surface area contributed by atoms with E-state index in [0.717, 1.165) is 32.0 Å². The maximum atomic E-state index is 9.40. The molecule has 4 nitrogen and oxygen atoms in total. The third-order valence-corrected chi connectivity index (χ3v) is 10.5. The highest BCUT2D eigenvalue weighted by molar-refractivity contribution is 7.99. The molecule has 0 unspecified atom stereocenters. The molecule has 0 aliphatic carbocycles. The normalized spacial score (nSPS) is 11.4. The van der Waals surface area contributed by atoms with Gasteiger partial charge in [0.15, 0.2) is 0 Å². The average molecular weight is 695 g/mol. The van der Waals surface area contributed by atoms with E-state index in [2.05, 4.69) is 146 Å². The van der Waals surface area contributed by atoms with Gasteiger partial charge in [-0.05, 0) is 106 Å². The summed E-state index contributed by atoms with van der Waals surface area (Å²) in [4.78, 5) is 2.33. The van der Waals surface area contributed by atoms with Crippen molar-refractivity contribution in [1.29, 1.82) is 0 Å². The van der Waals surface area contributed by atoms with Crippen LogP contribution in [0.5, 0.6) is 0 Å². The Kier molecular flexibility index (Phi) is 12.9. The standard InChI is InChI=1S/C46H46O4S/c47-29-25-33-1-9-37(10-2-33)45(38-11-3-34(4-12-38)26-30-48)41-17-21-43(22-18-41)51-44-23-19-42(20-24-44)46(39-13-5-35(6-14-39)27-31-49)40-15-7-36(8-16-40)28-32-50/h1-24,45-50H,25-32H2. The van der Waals surface area contributed by atoms with Gasteiger partial charge in [0.1, 0.15) is 0 Å². The van der Waals surface area contributed by atoms with E-state index >= 15 is 0 Å². The summed E-state index contributed by atoms with van der Waals surface area (Å²) in [6, 6.07) is 51.9. The molecule has 0 aromatic heterocycles. The van der Waals surface area contributed by atoms with Crippen LogP contribution in [0.2, 0.25) is 0 Å². The molecule has 4 N–H and O–H groups in total. The van der Waals surface area contributed by atoms with E-state index in [1.807, 2.05) is 0 Å². The van der Waals surface area contributed by atoms with Gasteiger partial charge < -0.3 is 20.4 Å². The molecule has 0 amide bonds. The molecule has 0 fully saturated rings. The van der Waals surface area contributed by atoms with Gasteiger partial charge in [-0.1, -0.05) is 133 Å². The Hall–Kier alpha value is -4.49. The highest BCUT2D eigenvalue weighted by atomic mass is 32.2. The zero-order chi connectivity index (χ0) is 35.4. The Morgan fingerprint density at radius 3 is 0.686 bits per heavy atom. The lowest BCUT2D eigenvalue weighted by Gasteiger charge is -2.21. The molecule has 6 aromatic carbocycles. The van der Waals surface area contributed by atoms with Crippen molar-refractivity contribution in [2.24, 2.45) is 0 Å². The van der Waals surface area contributed by atoms with Crippen LogP contribution in [0.4, 0.5) is 0 Å². The van der Waals surface area contributed by atoms with E-state index in [-0.39, 0.29) is 38.3 Å². The Morgan fingerprint density at radius 1 is 0.294 bits per heavy atom. The summed E-state index contributed by atoms with van der Waals surface area (Å²) < 4.78 is 0. The summed E-state index contributed by atoms with van der Waals surface area (Å²) in [5, 5.41) is 37.6. The summed E-state index contributed by atoms with van der Waals surface area (Å²) in [6.45, 7) is 0.545. The Labute approximate surface area is 306 Å². The van der Waals surface area contributed by atoms with Crippen LogP contribution in [-0.4, -0.2) is 46.9 Å². The number of hydrogen-bond acceptors (Lipinski definition) is 5. The van der Waals surface area contributed by atoms with Crippen LogP contribution >= 0.6 is 11.8 Å². The second kappa shape index (κ2) is 18.1. The molecule has 0 aliphatic rings. The number of benzene rings is 6. The molecule has 0 spiro atoms. The van der Waals surface area contributed by atoms with Crippen LogP contribution in [0.15, 0.2) is 155 Å². The number of hydrogen-bond donors (Lipinski definition) is 4. The highest BCUT2D eigenvalue weighted by Gasteiger charge is 2.19. The first-order chi connectivity index (χ1) is 25.1. The Morgan fingerprint density at radius 2 is 0.490 bits per heavy atom. The van der Waals surface area contributed by atoms with Gasteiger partial charge in [0.05, 0.1) is 0 Å². The first-order valence-electron chi connectivity index (χ1n) is 17.7. The fraction of sp³-hybridized carbons (Fsp3) is 0.217. The van der Waals surface area contributed by atoms with Crippen molar-refractivity contribution in [2.45, 2.75) is 47.3 Å². The predicted octanol–water partition coefficient (Wildman–Crippen LogP) is 8.34. The monoisotopic (exact) mass is 694 g/mol. The molecule has 0 radical (unpaired) electrons. The molecule has 0 aliphatic heterocycles. The first-order valence-corrected chi connectivity index (χ1v) is 18.6. The van der Waals surface area contributed by atoms with Crippen molar-refractivity contribution in [2.75, 3.05) is 26.4 Å². The maximum Gasteiger partial charge on any atom is 0.0471 e. The van der Waals surface area contributed by atoms with Gasteiger partial charge in [0.2, 0.25) is 0 Å². The third kappa shape index (κ3) is 9.44. The second-order valence-electron chi connectivity index (χ2n) is 13.0. The van der Waals surface area contributed by atoms with Gasteiger partial charge in [-0.3, -0.25) is 0 Å². The predicted molar refractivity (Wildman–Crippen MR) is 208 cm³/mol. The molecule has 0 atom stereocenters. The van der Waals surface area contributed by atoms with Gasteiger partial charge in [-0.25, -0.2) is 0 Å². The summed E-state index contributed by atoms with van der Waals surface area (Å²) in [5.41, 5.74) is 11.7. The zero-order valence-corrected chi connectivity index (χ0v) is 29.7. The van der Waals surface area contributed by atoms with Gasteiger partial charge in [-0.2, -0.15) is 0 Å². The van der Waals surface area contributed by atoms with Crippen LogP contribution in [0.3, 0.4) is 0 Å². The lowest BCUT2D eigenvalue weighted by molar-refractivity contribution is 0.299. The molecule has 6 aromatic rings. The molecule has 51 heavy (non-hydrogen) atoms. The molecule has 5 heteroatoms. The molecular weight excluding hydrogens is 649 g/mol. The van der Waals surface area contributed by atoms with E-state index in [4.69, 9.17) is 0 Å². The minimum absolute atomic E-state index is 0.0574. The summed E-state index contributed by atoms with van der Waals surface area (Å²) in [7, 11) is 0. The minimum atomic E-state index is 0.0574. The lowest BCUT2D eigenvalue weighted by Crippen LogP contribution is -2.05. The van der Waals surface area contributed by atoms with Crippen molar-refractivity contribution >= 4 is 11.8 Å². The van der Waals surface area contributed by atoms with Gasteiger partial charge in [-0.15, -0.1) is 0 Å². The maximum absolute atomic E-state index is 9.40. The van der Waals surface area contributed by atoms with Crippen molar-refractivity contribution < 1.29 is 20.4 Å². The van der Waals surface area contributed by atoms with E-state index in [1.165, 1.54) is 33.4 Å². The first kappa shape index (κ1) is 36.3. The molecular formula is C46H46O4S. The van der Waals surface area contributed by atoms with Crippen molar-refractivity contribution in [3.8, 4) is 0 Å². The van der Waals surface area contributed by atoms with Crippen molar-refractivity contribution in [1.82, 2.24) is 0 Å². The lowest BCUT2D eigenvalue weighted by atomic mass is 9.84. The van der Waals surface area contributed by atoms with Gasteiger partial charge in [0.25, 0.3) is 0 Å². The zero-order valence-electron chi connectivity index (χ0n) is 28.9. The van der Waals surface area contributed by atoms with Crippen LogP contribution in [-0.2, 0) is 25.7 Å². The second-order valence-corrected chi connectivity index (χ2v) is 14.1. The average Bonchev–Trinajstić information content (AvgIpc) is 3.16. The third-order valence-electron chi connectivity index (χ3n) is 9.52. The van der Waals surface area contributed by atoms with E-state index < -0.39 is 0 Å². The van der Waals surface area contributed by atoms with Crippen molar-refractivity contribution in [3.05, 3.63) is 201 Å². The van der Waals surface area contributed by atoms with E-state index in [0.29, 0.717) is 25.7 Å². The van der Waals surface area contributed by atoms with Crippen LogP contribution in [0.25, 0.3) is 0 Å². The Balaban J connectivity index is 1.23.